The van der Waals surface area contributed by atoms with Gasteiger partial charge in [-0.05, 0) is 40.8 Å². The first-order chi connectivity index (χ1) is 14.1. The maximum Gasteiger partial charge on any atom is 0.275 e. The summed E-state index contributed by atoms with van der Waals surface area (Å²) in [4.78, 5) is 35.6. The lowest BCUT2D eigenvalue weighted by Crippen LogP contribution is -2.24. The van der Waals surface area contributed by atoms with Crippen LogP contribution in [-0.2, 0) is 16.0 Å². The molecule has 0 atom stereocenters. The summed E-state index contributed by atoms with van der Waals surface area (Å²) in [6.07, 6.45) is 0.601. The van der Waals surface area contributed by atoms with Gasteiger partial charge in [0.05, 0.1) is 5.39 Å². The predicted molar refractivity (Wildman–Crippen MR) is 125 cm³/mol. The number of rotatable bonds is 5. The van der Waals surface area contributed by atoms with Gasteiger partial charge >= 0.3 is 0 Å². The summed E-state index contributed by atoms with van der Waals surface area (Å²) in [7, 11) is 0. The molecule has 0 aromatic carbocycles. The lowest BCUT2D eigenvalue weighted by atomic mass is 10.1. The lowest BCUT2D eigenvalue weighted by molar-refractivity contribution is -0.124. The molecule has 10 heteroatoms. The minimum absolute atomic E-state index is 0. The standard InChI is InChI=1S/C20H14N4O2S3.ClH/c1-10-16(19(26)24-18(10)25)23-17-15-12(13-3-2-5-28-13)9-29-20(15)22-14(21-17)7-11-4-6-27-8-11;/h2-6,8-9H,7H2,1H3,(H2,21,22,23,24,25,26);1H. The molecule has 1 aliphatic rings. The summed E-state index contributed by atoms with van der Waals surface area (Å²) >= 11 is 4.81. The van der Waals surface area contributed by atoms with Gasteiger partial charge in [0.15, 0.2) is 0 Å². The van der Waals surface area contributed by atoms with Crippen LogP contribution in [0.4, 0.5) is 5.82 Å². The van der Waals surface area contributed by atoms with Gasteiger partial charge in [-0.1, -0.05) is 6.07 Å². The van der Waals surface area contributed by atoms with E-state index in [1.807, 2.05) is 29.0 Å². The van der Waals surface area contributed by atoms with Crippen molar-refractivity contribution in [3.63, 3.8) is 0 Å². The average Bonchev–Trinajstić information content (AvgIpc) is 3.47. The van der Waals surface area contributed by atoms with Gasteiger partial charge in [-0.3, -0.25) is 14.9 Å². The minimum Gasteiger partial charge on any atom is -0.335 e. The van der Waals surface area contributed by atoms with Gasteiger partial charge in [0.1, 0.15) is 22.2 Å². The number of halogens is 1. The van der Waals surface area contributed by atoms with E-state index >= 15 is 0 Å². The first-order valence-corrected chi connectivity index (χ1v) is 11.5. The van der Waals surface area contributed by atoms with Crippen LogP contribution in [0, 0.1) is 0 Å². The predicted octanol–water partition coefficient (Wildman–Crippen LogP) is 4.84. The molecule has 0 saturated carbocycles. The van der Waals surface area contributed by atoms with Crippen LogP contribution in [-0.4, -0.2) is 21.8 Å². The highest BCUT2D eigenvalue weighted by atomic mass is 35.5. The number of carbonyl (C=O) groups is 2. The van der Waals surface area contributed by atoms with Crippen LogP contribution >= 0.6 is 46.4 Å². The van der Waals surface area contributed by atoms with Crippen LogP contribution < -0.4 is 10.6 Å². The third-order valence-corrected chi connectivity index (χ3v) is 7.13. The number of thiophene rings is 3. The second kappa shape index (κ2) is 8.27. The van der Waals surface area contributed by atoms with Crippen LogP contribution in [0.15, 0.2) is 51.0 Å². The quantitative estimate of drug-likeness (QED) is 0.404. The molecule has 4 aromatic rings. The zero-order valence-electron chi connectivity index (χ0n) is 15.6. The fraction of sp³-hybridized carbons (Fsp3) is 0.100. The van der Waals surface area contributed by atoms with Crippen molar-refractivity contribution in [1.82, 2.24) is 15.3 Å². The Labute approximate surface area is 190 Å². The van der Waals surface area contributed by atoms with E-state index in [9.17, 15) is 9.59 Å². The normalized spacial score (nSPS) is 13.6. The minimum atomic E-state index is -0.438. The molecule has 1 aliphatic heterocycles. The van der Waals surface area contributed by atoms with Crippen LogP contribution in [0.3, 0.4) is 0 Å². The van der Waals surface area contributed by atoms with Gasteiger partial charge in [0.2, 0.25) is 0 Å². The number of imide groups is 1. The van der Waals surface area contributed by atoms with Crippen molar-refractivity contribution in [3.05, 3.63) is 62.4 Å². The molecular weight excluding hydrogens is 460 g/mol. The third-order valence-electron chi connectivity index (χ3n) is 4.62. The van der Waals surface area contributed by atoms with E-state index in [2.05, 4.69) is 21.4 Å². The third kappa shape index (κ3) is 3.65. The highest BCUT2D eigenvalue weighted by Crippen LogP contribution is 2.39. The van der Waals surface area contributed by atoms with E-state index in [1.54, 1.807) is 40.9 Å². The van der Waals surface area contributed by atoms with Crippen molar-refractivity contribution < 1.29 is 9.59 Å². The van der Waals surface area contributed by atoms with E-state index in [4.69, 9.17) is 9.97 Å². The molecule has 30 heavy (non-hydrogen) atoms. The molecule has 2 N–H and O–H groups in total. The van der Waals surface area contributed by atoms with Crippen molar-refractivity contribution in [2.75, 3.05) is 5.32 Å². The summed E-state index contributed by atoms with van der Waals surface area (Å²) < 4.78 is 0. The highest BCUT2D eigenvalue weighted by molar-refractivity contribution is 7.18. The molecule has 5 rings (SSSR count). The molecule has 0 aliphatic carbocycles. The number of hydrogen-bond acceptors (Lipinski definition) is 8. The number of amides is 2. The summed E-state index contributed by atoms with van der Waals surface area (Å²) in [5.41, 5.74) is 2.75. The molecule has 0 fully saturated rings. The van der Waals surface area contributed by atoms with Crippen LogP contribution in [0.5, 0.6) is 0 Å². The fourth-order valence-corrected chi connectivity index (χ4v) is 5.61. The van der Waals surface area contributed by atoms with Crippen molar-refractivity contribution in [3.8, 4) is 10.4 Å². The Morgan fingerprint density at radius 3 is 2.60 bits per heavy atom. The Hall–Kier alpha value is -2.59. The second-order valence-electron chi connectivity index (χ2n) is 6.51. The molecule has 2 amide bonds. The molecule has 5 heterocycles. The van der Waals surface area contributed by atoms with E-state index in [-0.39, 0.29) is 24.0 Å². The molecular formula is C20H15ClN4O2S3. The van der Waals surface area contributed by atoms with Crippen LogP contribution in [0.2, 0.25) is 0 Å². The molecule has 6 nitrogen and oxygen atoms in total. The van der Waals surface area contributed by atoms with Gasteiger partial charge in [-0.25, -0.2) is 9.97 Å². The smallest absolute Gasteiger partial charge is 0.275 e. The molecule has 0 spiro atoms. The first-order valence-electron chi connectivity index (χ1n) is 8.77. The number of nitrogens with zero attached hydrogens (tertiary/aromatic N) is 2. The molecule has 0 saturated heterocycles. The molecule has 0 radical (unpaired) electrons. The Morgan fingerprint density at radius 1 is 1.07 bits per heavy atom. The van der Waals surface area contributed by atoms with Gasteiger partial charge in [0.25, 0.3) is 11.8 Å². The summed E-state index contributed by atoms with van der Waals surface area (Å²) in [6, 6.07) is 6.09. The number of anilines is 1. The topological polar surface area (TPSA) is 84.0 Å². The average molecular weight is 475 g/mol. The Morgan fingerprint density at radius 2 is 1.93 bits per heavy atom. The maximum atomic E-state index is 12.2. The van der Waals surface area contributed by atoms with Crippen LogP contribution in [0.1, 0.15) is 18.3 Å². The van der Waals surface area contributed by atoms with E-state index < -0.39 is 5.91 Å². The van der Waals surface area contributed by atoms with Crippen LogP contribution in [0.25, 0.3) is 20.7 Å². The van der Waals surface area contributed by atoms with Crippen molar-refractivity contribution in [2.24, 2.45) is 0 Å². The number of fused-ring (bicyclic) bond motifs is 1. The van der Waals surface area contributed by atoms with E-state index in [0.29, 0.717) is 23.6 Å². The Bertz CT molecular complexity index is 1280. The van der Waals surface area contributed by atoms with Crippen molar-refractivity contribution >= 4 is 74.3 Å². The number of hydrogen-bond donors (Lipinski definition) is 2. The van der Waals surface area contributed by atoms with Gasteiger partial charge in [-0.2, -0.15) is 11.3 Å². The van der Waals surface area contributed by atoms with Crippen molar-refractivity contribution in [2.45, 2.75) is 13.3 Å². The molecule has 4 aromatic heterocycles. The maximum absolute atomic E-state index is 12.2. The number of nitrogens with one attached hydrogen (secondary N) is 2. The summed E-state index contributed by atoms with van der Waals surface area (Å²) in [5, 5.41) is 14.5. The number of carbonyl (C=O) groups excluding carboxylic acids is 2. The van der Waals surface area contributed by atoms with E-state index in [1.165, 1.54) is 0 Å². The zero-order chi connectivity index (χ0) is 20.0. The molecule has 0 unspecified atom stereocenters. The molecule has 0 bridgehead atoms. The fourth-order valence-electron chi connectivity index (χ4n) is 3.16. The SMILES string of the molecule is CC1=C(Nc2nc(Cc3ccsc3)nc3scc(-c4cccs4)c23)C(=O)NC1=O.Cl. The highest BCUT2D eigenvalue weighted by Gasteiger charge is 2.28. The second-order valence-corrected chi connectivity index (χ2v) is 9.10. The zero-order valence-corrected chi connectivity index (χ0v) is 18.9. The first kappa shape index (κ1) is 20.7. The van der Waals surface area contributed by atoms with E-state index in [0.717, 1.165) is 26.2 Å². The summed E-state index contributed by atoms with van der Waals surface area (Å²) in [6.45, 7) is 1.63. The number of aromatic nitrogens is 2. The Kier molecular flexibility index (Phi) is 5.70. The molecule has 152 valence electrons. The lowest BCUT2D eigenvalue weighted by Gasteiger charge is -2.10. The monoisotopic (exact) mass is 474 g/mol. The van der Waals surface area contributed by atoms with Crippen molar-refractivity contribution in [1.29, 1.82) is 0 Å². The van der Waals surface area contributed by atoms with Gasteiger partial charge < -0.3 is 5.32 Å². The summed E-state index contributed by atoms with van der Waals surface area (Å²) in [5.74, 6) is 0.390. The van der Waals surface area contributed by atoms with Gasteiger partial charge in [0, 0.05) is 27.8 Å². The van der Waals surface area contributed by atoms with Gasteiger partial charge in [-0.15, -0.1) is 35.1 Å². The largest absolute Gasteiger partial charge is 0.335 e. The Balaban J connectivity index is 0.00000218.